The Hall–Kier alpha value is -3.32. The molecule has 0 amide bonds. The molecule has 0 spiro atoms. The number of halogens is 6. The zero-order valence-corrected chi connectivity index (χ0v) is 21.3. The van der Waals surface area contributed by atoms with Gasteiger partial charge in [-0.3, -0.25) is 0 Å². The predicted molar refractivity (Wildman–Crippen MR) is 128 cm³/mol. The van der Waals surface area contributed by atoms with Crippen LogP contribution in [0.3, 0.4) is 0 Å². The lowest BCUT2D eigenvalue weighted by molar-refractivity contribution is -0.946. The molecule has 1 heterocycles. The zero-order valence-electron chi connectivity index (χ0n) is 21.3. The largest absolute Gasteiger partial charge is 0.542 e. The van der Waals surface area contributed by atoms with Crippen molar-refractivity contribution in [2.45, 2.75) is 50.6 Å². The van der Waals surface area contributed by atoms with Crippen molar-refractivity contribution in [3.05, 3.63) is 65.7 Å². The third-order valence-electron chi connectivity index (χ3n) is 5.92. The van der Waals surface area contributed by atoms with Gasteiger partial charge in [-0.2, -0.15) is 26.3 Å². The summed E-state index contributed by atoms with van der Waals surface area (Å²) >= 11 is 0. The molecule has 218 valence electrons. The van der Waals surface area contributed by atoms with Gasteiger partial charge in [-0.05, 0) is 37.0 Å². The summed E-state index contributed by atoms with van der Waals surface area (Å²) in [6.45, 7) is 4.68. The number of aryl methyl sites for hydroxylation is 1. The third-order valence-corrected chi connectivity index (χ3v) is 5.92. The van der Waals surface area contributed by atoms with Crippen LogP contribution in [0.15, 0.2) is 54.6 Å². The average Bonchev–Trinajstić information content (AvgIpc) is 2.85. The smallest absolute Gasteiger partial charge is 0.490 e. The Kier molecular flexibility index (Phi) is 13.2. The number of carboxylic acid groups (broad SMARTS) is 2. The van der Waals surface area contributed by atoms with E-state index in [1.165, 1.54) is 43.5 Å². The van der Waals surface area contributed by atoms with E-state index < -0.39 is 24.3 Å². The van der Waals surface area contributed by atoms with Gasteiger partial charge >= 0.3 is 18.3 Å². The Balaban J connectivity index is 0.000000449. The normalized spacial score (nSPS) is 19.0. The molecule has 13 heteroatoms. The minimum Gasteiger partial charge on any atom is -0.542 e. The summed E-state index contributed by atoms with van der Waals surface area (Å²) in [4.78, 5) is 17.7. The van der Waals surface area contributed by atoms with Gasteiger partial charge in [-0.25, -0.2) is 4.79 Å². The van der Waals surface area contributed by atoms with Gasteiger partial charge in [0.25, 0.3) is 0 Å². The molecular weight excluding hydrogens is 534 g/mol. The second kappa shape index (κ2) is 15.3. The molecule has 0 bridgehead atoms. The van der Waals surface area contributed by atoms with E-state index in [0.29, 0.717) is 6.04 Å². The summed E-state index contributed by atoms with van der Waals surface area (Å²) in [5, 5.41) is 15.9. The lowest BCUT2D eigenvalue weighted by Crippen LogP contribution is -2.57. The van der Waals surface area contributed by atoms with Crippen LogP contribution < -0.4 is 15.6 Å². The van der Waals surface area contributed by atoms with E-state index in [2.05, 4.69) is 54.6 Å². The number of nitrogens with two attached hydrogens (primary N) is 1. The quantitative estimate of drug-likeness (QED) is 0.391. The van der Waals surface area contributed by atoms with Crippen molar-refractivity contribution in [3.63, 3.8) is 0 Å². The molecule has 1 aliphatic heterocycles. The van der Waals surface area contributed by atoms with Crippen LogP contribution in [0.2, 0.25) is 0 Å². The highest BCUT2D eigenvalue weighted by atomic mass is 19.4. The summed E-state index contributed by atoms with van der Waals surface area (Å²) < 4.78 is 69.7. The Morgan fingerprint density at radius 2 is 1.54 bits per heavy atom. The van der Waals surface area contributed by atoms with Crippen LogP contribution in [0, 0.1) is 0 Å². The zero-order chi connectivity index (χ0) is 29.7. The number of alkyl halides is 6. The first-order valence-electron chi connectivity index (χ1n) is 11.9. The fourth-order valence-electron chi connectivity index (χ4n) is 4.18. The van der Waals surface area contributed by atoms with E-state index >= 15 is 0 Å². The first-order valence-corrected chi connectivity index (χ1v) is 11.9. The third kappa shape index (κ3) is 13.3. The van der Waals surface area contributed by atoms with Crippen LogP contribution in [0.1, 0.15) is 30.4 Å². The number of carbonyl (C=O) groups is 2. The first kappa shape index (κ1) is 33.7. The SMILES string of the molecule is COc1ccc(CCC[N+]2(Cc3ccccc3)CCCC(N)C2)cc1.O=C(O)C(F)(F)F.O=C([O-])C(F)(F)F. The molecular formula is C26H32F6N2O5. The van der Waals surface area contributed by atoms with Crippen molar-refractivity contribution in [2.75, 3.05) is 26.7 Å². The fourth-order valence-corrected chi connectivity index (χ4v) is 4.18. The summed E-state index contributed by atoms with van der Waals surface area (Å²) in [5.74, 6) is -4.83. The predicted octanol–water partition coefficient (Wildman–Crippen LogP) is 3.70. The number of carbonyl (C=O) groups excluding carboxylic acids is 1. The maximum atomic E-state index is 10.6. The van der Waals surface area contributed by atoms with Crippen molar-refractivity contribution in [3.8, 4) is 5.75 Å². The lowest BCUT2D eigenvalue weighted by atomic mass is 10.00. The highest BCUT2D eigenvalue weighted by molar-refractivity contribution is 5.73. The summed E-state index contributed by atoms with van der Waals surface area (Å²) in [6, 6.07) is 19.7. The number of benzene rings is 2. The van der Waals surface area contributed by atoms with Gasteiger partial charge in [0.15, 0.2) is 0 Å². The number of quaternary nitrogens is 1. The minimum atomic E-state index is -5.19. The second-order valence-corrected chi connectivity index (χ2v) is 9.06. The number of hydrogen-bond acceptors (Lipinski definition) is 5. The number of piperidine rings is 1. The van der Waals surface area contributed by atoms with Gasteiger partial charge in [-0.1, -0.05) is 42.5 Å². The Labute approximate surface area is 222 Å². The van der Waals surface area contributed by atoms with E-state index in [1.54, 1.807) is 7.11 Å². The monoisotopic (exact) mass is 566 g/mol. The fraction of sp³-hybridized carbons (Fsp3) is 0.462. The molecule has 2 unspecified atom stereocenters. The molecule has 0 saturated carbocycles. The number of methoxy groups -OCH3 is 1. The highest BCUT2D eigenvalue weighted by Gasteiger charge is 2.38. The molecule has 2 aromatic rings. The van der Waals surface area contributed by atoms with Gasteiger partial charge in [0.05, 0.1) is 32.8 Å². The molecule has 1 saturated heterocycles. The lowest BCUT2D eigenvalue weighted by Gasteiger charge is -2.44. The molecule has 3 rings (SSSR count). The van der Waals surface area contributed by atoms with Crippen molar-refractivity contribution >= 4 is 11.9 Å². The summed E-state index contributed by atoms with van der Waals surface area (Å²) in [7, 11) is 1.71. The Morgan fingerprint density at radius 3 is 1.97 bits per heavy atom. The molecule has 3 N–H and O–H groups in total. The van der Waals surface area contributed by atoms with Crippen LogP contribution >= 0.6 is 0 Å². The van der Waals surface area contributed by atoms with Crippen molar-refractivity contribution in [2.24, 2.45) is 5.73 Å². The molecule has 2 aromatic carbocycles. The molecule has 1 fully saturated rings. The number of hydrogen-bond donors (Lipinski definition) is 2. The molecule has 7 nitrogen and oxygen atoms in total. The number of aliphatic carboxylic acids is 2. The number of ether oxygens (including phenoxy) is 1. The number of carboxylic acids is 2. The highest BCUT2D eigenvalue weighted by Crippen LogP contribution is 2.24. The molecule has 2 atom stereocenters. The minimum absolute atomic E-state index is 0.346. The molecule has 39 heavy (non-hydrogen) atoms. The van der Waals surface area contributed by atoms with E-state index in [9.17, 15) is 26.3 Å². The Morgan fingerprint density at radius 1 is 1.00 bits per heavy atom. The number of nitrogens with zero attached hydrogens (tertiary/aromatic N) is 1. The first-order chi connectivity index (χ1) is 18.1. The maximum Gasteiger partial charge on any atom is 0.490 e. The van der Waals surface area contributed by atoms with E-state index in [-0.39, 0.29) is 0 Å². The Bertz CT molecular complexity index is 992. The second-order valence-electron chi connectivity index (χ2n) is 9.06. The van der Waals surface area contributed by atoms with Crippen LogP contribution in [-0.4, -0.2) is 66.7 Å². The maximum absolute atomic E-state index is 10.6. The van der Waals surface area contributed by atoms with Crippen molar-refractivity contribution in [1.29, 1.82) is 0 Å². The van der Waals surface area contributed by atoms with Gasteiger partial charge in [0.1, 0.15) is 18.3 Å². The van der Waals surface area contributed by atoms with Gasteiger partial charge in [0, 0.05) is 12.0 Å². The molecule has 0 aliphatic carbocycles. The summed E-state index contributed by atoms with van der Waals surface area (Å²) in [5.41, 5.74) is 9.17. The van der Waals surface area contributed by atoms with E-state index in [0.717, 1.165) is 29.7 Å². The standard InChI is InChI=1S/C22H31N2O.2C2HF3O2/c1-25-22-13-11-19(12-14-22)9-5-15-24(16-6-10-21(23)18-24)17-20-7-3-2-4-8-20;2*3-2(4,5)1(6)7/h2-4,7-8,11-14,21H,5-6,9-10,15-18,23H2,1H3;2*(H,6,7)/q+1;;/p-1. The van der Waals surface area contributed by atoms with Crippen LogP contribution in [0.5, 0.6) is 5.75 Å². The van der Waals surface area contributed by atoms with Gasteiger partial charge < -0.3 is 30.0 Å². The van der Waals surface area contributed by atoms with Gasteiger partial charge in [0.2, 0.25) is 0 Å². The molecule has 0 aromatic heterocycles. The topological polar surface area (TPSA) is 113 Å². The molecule has 1 aliphatic rings. The van der Waals surface area contributed by atoms with Crippen LogP contribution in [-0.2, 0) is 22.6 Å². The average molecular weight is 567 g/mol. The van der Waals surface area contributed by atoms with E-state index in [4.69, 9.17) is 30.3 Å². The van der Waals surface area contributed by atoms with Crippen LogP contribution in [0.25, 0.3) is 0 Å². The van der Waals surface area contributed by atoms with Crippen molar-refractivity contribution < 1.29 is 55.4 Å². The van der Waals surface area contributed by atoms with E-state index in [1.807, 2.05) is 0 Å². The van der Waals surface area contributed by atoms with Crippen molar-refractivity contribution in [1.82, 2.24) is 0 Å². The van der Waals surface area contributed by atoms with Gasteiger partial charge in [-0.15, -0.1) is 0 Å². The number of likely N-dealkylation sites (tertiary alicyclic amines) is 1. The summed E-state index contributed by atoms with van der Waals surface area (Å²) in [6.07, 6.45) is -5.54. The van der Waals surface area contributed by atoms with Crippen LogP contribution in [0.4, 0.5) is 26.3 Å². The molecule has 0 radical (unpaired) electrons. The number of rotatable bonds is 7.